The van der Waals surface area contributed by atoms with Gasteiger partial charge in [-0.2, -0.15) is 0 Å². The van der Waals surface area contributed by atoms with Crippen LogP contribution in [0.25, 0.3) is 0 Å². The first-order valence-electron chi connectivity index (χ1n) is 8.36. The average molecular weight is 402 g/mol. The van der Waals surface area contributed by atoms with Crippen molar-refractivity contribution in [1.82, 2.24) is 4.90 Å². The second-order valence-corrected chi connectivity index (χ2v) is 6.96. The van der Waals surface area contributed by atoms with Gasteiger partial charge in [-0.05, 0) is 53.4 Å². The summed E-state index contributed by atoms with van der Waals surface area (Å²) in [5, 5.41) is 0. The highest BCUT2D eigenvalue weighted by Gasteiger charge is 2.58. The Morgan fingerprint density at radius 3 is 2.32 bits per heavy atom. The zero-order valence-corrected chi connectivity index (χ0v) is 15.7. The molecule has 1 amide bonds. The van der Waals surface area contributed by atoms with E-state index in [9.17, 15) is 9.59 Å². The van der Waals surface area contributed by atoms with Gasteiger partial charge in [0, 0.05) is 11.0 Å². The van der Waals surface area contributed by atoms with E-state index in [4.69, 9.17) is 4.74 Å². The minimum absolute atomic E-state index is 0.165. The van der Waals surface area contributed by atoms with Crippen molar-refractivity contribution >= 4 is 27.8 Å². The molecule has 1 saturated carbocycles. The van der Waals surface area contributed by atoms with Crippen LogP contribution in [0.5, 0.6) is 0 Å². The third-order valence-corrected chi connectivity index (χ3v) is 5.12. The molecule has 25 heavy (non-hydrogen) atoms. The van der Waals surface area contributed by atoms with Gasteiger partial charge in [-0.3, -0.25) is 4.79 Å². The van der Waals surface area contributed by atoms with E-state index in [-0.39, 0.29) is 11.9 Å². The molecule has 4 nitrogen and oxygen atoms in total. The summed E-state index contributed by atoms with van der Waals surface area (Å²) in [6, 6.07) is 17.0. The Bertz CT molecular complexity index is 772. The maximum atomic E-state index is 13.3. The third-order valence-electron chi connectivity index (χ3n) is 4.43. The highest BCUT2D eigenvalue weighted by atomic mass is 79.9. The molecule has 0 aliphatic heterocycles. The molecule has 1 aliphatic carbocycles. The summed E-state index contributed by atoms with van der Waals surface area (Å²) in [5.41, 5.74) is 0.686. The van der Waals surface area contributed by atoms with Gasteiger partial charge in [0.1, 0.15) is 5.54 Å². The van der Waals surface area contributed by atoms with Crippen LogP contribution in [-0.2, 0) is 16.1 Å². The summed E-state index contributed by atoms with van der Waals surface area (Å²) >= 11 is 3.44. The molecule has 0 heterocycles. The van der Waals surface area contributed by atoms with Crippen LogP contribution in [0.1, 0.15) is 35.7 Å². The molecule has 1 fully saturated rings. The number of ether oxygens (including phenoxy) is 1. The van der Waals surface area contributed by atoms with E-state index >= 15 is 0 Å². The molecule has 0 N–H and O–H groups in total. The summed E-state index contributed by atoms with van der Waals surface area (Å²) in [5.74, 6) is -0.479. The smallest absolute Gasteiger partial charge is 0.332 e. The molecule has 3 rings (SSSR count). The molecule has 2 aromatic rings. The number of hydrogen-bond donors (Lipinski definition) is 0. The van der Waals surface area contributed by atoms with Gasteiger partial charge in [-0.15, -0.1) is 0 Å². The van der Waals surface area contributed by atoms with Gasteiger partial charge < -0.3 is 9.64 Å². The van der Waals surface area contributed by atoms with Crippen molar-refractivity contribution in [2.45, 2.75) is 31.8 Å². The number of nitrogens with zero attached hydrogens (tertiary/aromatic N) is 1. The molecule has 0 spiro atoms. The largest absolute Gasteiger partial charge is 0.464 e. The maximum absolute atomic E-state index is 13.3. The van der Waals surface area contributed by atoms with E-state index in [0.29, 0.717) is 31.6 Å². The summed E-state index contributed by atoms with van der Waals surface area (Å²) in [4.78, 5) is 27.5. The number of esters is 1. The summed E-state index contributed by atoms with van der Waals surface area (Å²) in [7, 11) is 0. The molecular formula is C20H20BrNO3. The van der Waals surface area contributed by atoms with E-state index in [1.807, 2.05) is 48.5 Å². The van der Waals surface area contributed by atoms with Crippen molar-refractivity contribution in [3.8, 4) is 0 Å². The zero-order valence-electron chi connectivity index (χ0n) is 14.1. The lowest BCUT2D eigenvalue weighted by molar-refractivity contribution is -0.150. The average Bonchev–Trinajstić information content (AvgIpc) is 3.42. The van der Waals surface area contributed by atoms with Crippen LogP contribution in [-0.4, -0.2) is 28.9 Å². The predicted octanol–water partition coefficient (Wildman–Crippen LogP) is 4.19. The maximum Gasteiger partial charge on any atom is 0.332 e. The SMILES string of the molecule is CCOC(=O)C1(N(Cc2ccccc2)C(=O)c2ccccc2Br)CC1. The van der Waals surface area contributed by atoms with Crippen LogP contribution in [0.4, 0.5) is 0 Å². The van der Waals surface area contributed by atoms with Gasteiger partial charge >= 0.3 is 5.97 Å². The van der Waals surface area contributed by atoms with Crippen LogP contribution in [0.15, 0.2) is 59.1 Å². The predicted molar refractivity (Wildman–Crippen MR) is 99.1 cm³/mol. The van der Waals surface area contributed by atoms with Gasteiger partial charge in [0.2, 0.25) is 0 Å². The van der Waals surface area contributed by atoms with Crippen LogP contribution in [0.3, 0.4) is 0 Å². The molecule has 1 aliphatic rings. The van der Waals surface area contributed by atoms with E-state index in [2.05, 4.69) is 15.9 Å². The van der Waals surface area contributed by atoms with Crippen molar-refractivity contribution in [3.05, 3.63) is 70.2 Å². The van der Waals surface area contributed by atoms with Crippen molar-refractivity contribution in [1.29, 1.82) is 0 Å². The van der Waals surface area contributed by atoms with Gasteiger partial charge in [0.05, 0.1) is 12.2 Å². The Morgan fingerprint density at radius 1 is 1.08 bits per heavy atom. The third kappa shape index (κ3) is 3.61. The number of carbonyl (C=O) groups excluding carboxylic acids is 2. The first kappa shape index (κ1) is 17.7. The fourth-order valence-electron chi connectivity index (χ4n) is 2.93. The van der Waals surface area contributed by atoms with Gasteiger partial charge in [-0.1, -0.05) is 42.5 Å². The number of halogens is 1. The number of hydrogen-bond acceptors (Lipinski definition) is 3. The van der Waals surface area contributed by atoms with E-state index in [0.717, 1.165) is 10.0 Å². The van der Waals surface area contributed by atoms with Crippen LogP contribution in [0.2, 0.25) is 0 Å². The van der Waals surface area contributed by atoms with Crippen LogP contribution >= 0.6 is 15.9 Å². The lowest BCUT2D eigenvalue weighted by atomic mass is 10.1. The molecule has 0 aromatic heterocycles. The lowest BCUT2D eigenvalue weighted by Gasteiger charge is -2.31. The summed E-state index contributed by atoms with van der Waals surface area (Å²) in [6.45, 7) is 2.47. The molecule has 0 radical (unpaired) electrons. The normalized spacial score (nSPS) is 14.6. The van der Waals surface area contributed by atoms with Crippen LogP contribution in [0, 0.1) is 0 Å². The molecule has 0 unspecified atom stereocenters. The number of amides is 1. The second-order valence-electron chi connectivity index (χ2n) is 6.11. The Labute approximate surface area is 155 Å². The van der Waals surface area contributed by atoms with E-state index in [1.165, 1.54) is 0 Å². The van der Waals surface area contributed by atoms with Gasteiger partial charge in [0.25, 0.3) is 5.91 Å². The van der Waals surface area contributed by atoms with Crippen molar-refractivity contribution in [2.24, 2.45) is 0 Å². The first-order chi connectivity index (χ1) is 12.1. The van der Waals surface area contributed by atoms with E-state index < -0.39 is 5.54 Å². The Morgan fingerprint density at radius 2 is 1.72 bits per heavy atom. The standard InChI is InChI=1S/C20H20BrNO3/c1-2-25-19(24)20(12-13-20)22(14-15-8-4-3-5-9-15)18(23)16-10-6-7-11-17(16)21/h3-11H,2,12-14H2,1H3. The van der Waals surface area contributed by atoms with Crippen molar-refractivity contribution in [2.75, 3.05) is 6.61 Å². The lowest BCUT2D eigenvalue weighted by Crippen LogP contribution is -2.47. The Hall–Kier alpha value is -2.14. The fourth-order valence-corrected chi connectivity index (χ4v) is 3.39. The minimum Gasteiger partial charge on any atom is -0.464 e. The summed E-state index contributed by atoms with van der Waals surface area (Å²) in [6.07, 6.45) is 1.27. The quantitative estimate of drug-likeness (QED) is 0.681. The minimum atomic E-state index is -0.849. The fraction of sp³-hybridized carbons (Fsp3) is 0.300. The number of rotatable bonds is 6. The molecule has 5 heteroatoms. The molecule has 0 bridgehead atoms. The van der Waals surface area contributed by atoms with Gasteiger partial charge in [0.15, 0.2) is 0 Å². The topological polar surface area (TPSA) is 46.6 Å². The van der Waals surface area contributed by atoms with Crippen LogP contribution < -0.4 is 0 Å². The molecule has 0 atom stereocenters. The Kier molecular flexibility index (Phi) is 5.23. The van der Waals surface area contributed by atoms with Gasteiger partial charge in [-0.25, -0.2) is 4.79 Å². The molecular weight excluding hydrogens is 382 g/mol. The number of benzene rings is 2. The van der Waals surface area contributed by atoms with Crippen molar-refractivity contribution < 1.29 is 14.3 Å². The second kappa shape index (κ2) is 7.40. The summed E-state index contributed by atoms with van der Waals surface area (Å²) < 4.78 is 5.98. The highest BCUT2D eigenvalue weighted by Crippen LogP contribution is 2.45. The molecule has 0 saturated heterocycles. The van der Waals surface area contributed by atoms with Crippen molar-refractivity contribution in [3.63, 3.8) is 0 Å². The number of carbonyl (C=O) groups is 2. The molecule has 2 aromatic carbocycles. The zero-order chi connectivity index (χ0) is 17.9. The highest BCUT2D eigenvalue weighted by molar-refractivity contribution is 9.10. The monoisotopic (exact) mass is 401 g/mol. The first-order valence-corrected chi connectivity index (χ1v) is 9.15. The molecule has 130 valence electrons. The Balaban J connectivity index is 1.96. The van der Waals surface area contributed by atoms with E-state index in [1.54, 1.807) is 17.9 Å².